The lowest BCUT2D eigenvalue weighted by molar-refractivity contribution is 0.222. The predicted octanol–water partition coefficient (Wildman–Crippen LogP) is 2.63. The van der Waals surface area contributed by atoms with Crippen LogP contribution in [0.15, 0.2) is 9.98 Å². The average Bonchev–Trinajstić information content (AvgIpc) is 2.59. The molecule has 0 amide bonds. The van der Waals surface area contributed by atoms with Crippen LogP contribution in [0.2, 0.25) is 0 Å². The Kier molecular flexibility index (Phi) is 5.44. The number of nitrogens with zero attached hydrogens (tertiary/aromatic N) is 2. The van der Waals surface area contributed by atoms with Crippen molar-refractivity contribution >= 4 is 27.3 Å². The molecule has 0 atom stereocenters. The smallest absolute Gasteiger partial charge is 0.274 e. The maximum absolute atomic E-state index is 5.50. The molecule has 0 saturated carbocycles. The summed E-state index contributed by atoms with van der Waals surface area (Å²) in [4.78, 5) is 6.42. The zero-order valence-electron chi connectivity index (χ0n) is 8.49. The van der Waals surface area contributed by atoms with E-state index in [1.807, 2.05) is 0 Å². The third-order valence-electron chi connectivity index (χ3n) is 1.98. The van der Waals surface area contributed by atoms with E-state index in [9.17, 15) is 0 Å². The highest BCUT2D eigenvalue weighted by molar-refractivity contribution is 9.11. The second kappa shape index (κ2) is 6.37. The first kappa shape index (κ1) is 11.9. The van der Waals surface area contributed by atoms with Crippen molar-refractivity contribution in [3.05, 3.63) is 9.98 Å². The normalized spacial score (nSPS) is 10.9. The largest absolute Gasteiger partial charge is 0.469 e. The van der Waals surface area contributed by atoms with Gasteiger partial charge in [-0.2, -0.15) is 0 Å². The zero-order valence-corrected chi connectivity index (χ0v) is 10.9. The Morgan fingerprint density at radius 1 is 1.50 bits per heavy atom. The molecule has 0 radical (unpaired) electrons. The van der Waals surface area contributed by atoms with Crippen molar-refractivity contribution in [3.8, 4) is 5.19 Å². The molecule has 0 aliphatic heterocycles. The number of aromatic nitrogens is 1. The van der Waals surface area contributed by atoms with Gasteiger partial charge in [-0.05, 0) is 29.0 Å². The van der Waals surface area contributed by atoms with Gasteiger partial charge in [0.05, 0.1) is 9.98 Å². The van der Waals surface area contributed by atoms with Crippen LogP contribution in [-0.2, 0) is 0 Å². The van der Waals surface area contributed by atoms with Crippen molar-refractivity contribution < 1.29 is 4.74 Å². The molecule has 1 rings (SSSR count). The third kappa shape index (κ3) is 3.94. The molecule has 0 spiro atoms. The Labute approximate surface area is 97.2 Å². The van der Waals surface area contributed by atoms with Crippen molar-refractivity contribution in [1.29, 1.82) is 0 Å². The molecular weight excluding hydrogens is 264 g/mol. The van der Waals surface area contributed by atoms with Gasteiger partial charge >= 0.3 is 0 Å². The number of halogens is 1. The molecule has 80 valence electrons. The van der Waals surface area contributed by atoms with Gasteiger partial charge in [-0.3, -0.25) is 0 Å². The van der Waals surface area contributed by atoms with Gasteiger partial charge in [0.15, 0.2) is 0 Å². The minimum absolute atomic E-state index is 0.710. The van der Waals surface area contributed by atoms with Crippen molar-refractivity contribution in [2.45, 2.75) is 13.8 Å². The zero-order chi connectivity index (χ0) is 10.4. The van der Waals surface area contributed by atoms with E-state index >= 15 is 0 Å². The number of hydrogen-bond donors (Lipinski definition) is 0. The summed E-state index contributed by atoms with van der Waals surface area (Å²) in [6.45, 7) is 8.13. The lowest BCUT2D eigenvalue weighted by Gasteiger charge is -2.17. The summed E-state index contributed by atoms with van der Waals surface area (Å²) in [5, 5.41) is 0.740. The first-order chi connectivity index (χ1) is 6.76. The van der Waals surface area contributed by atoms with Crippen molar-refractivity contribution in [2.75, 3.05) is 26.2 Å². The highest BCUT2D eigenvalue weighted by Crippen LogP contribution is 2.24. The summed E-state index contributed by atoms with van der Waals surface area (Å²) >= 11 is 4.87. The fraction of sp³-hybridized carbons (Fsp3) is 0.667. The molecule has 1 heterocycles. The van der Waals surface area contributed by atoms with Crippen LogP contribution in [0.3, 0.4) is 0 Å². The molecule has 0 aliphatic rings. The molecule has 0 N–H and O–H groups in total. The molecule has 14 heavy (non-hydrogen) atoms. The van der Waals surface area contributed by atoms with E-state index in [0.29, 0.717) is 6.61 Å². The van der Waals surface area contributed by atoms with Crippen molar-refractivity contribution in [2.24, 2.45) is 0 Å². The highest BCUT2D eigenvalue weighted by Gasteiger charge is 2.02. The number of thiazole rings is 1. The topological polar surface area (TPSA) is 25.4 Å². The SMILES string of the molecule is CCN(CC)CCOc1ncc(Br)s1. The number of rotatable bonds is 6. The summed E-state index contributed by atoms with van der Waals surface area (Å²) in [6, 6.07) is 0. The Morgan fingerprint density at radius 3 is 2.71 bits per heavy atom. The van der Waals surface area contributed by atoms with Gasteiger partial charge in [-0.1, -0.05) is 25.2 Å². The molecule has 0 aliphatic carbocycles. The van der Waals surface area contributed by atoms with Gasteiger partial charge in [0, 0.05) is 6.54 Å². The molecule has 3 nitrogen and oxygen atoms in total. The van der Waals surface area contributed by atoms with E-state index in [-0.39, 0.29) is 0 Å². The van der Waals surface area contributed by atoms with Gasteiger partial charge in [-0.15, -0.1) is 0 Å². The summed E-state index contributed by atoms with van der Waals surface area (Å²) in [7, 11) is 0. The van der Waals surface area contributed by atoms with E-state index in [1.165, 1.54) is 11.3 Å². The van der Waals surface area contributed by atoms with E-state index in [2.05, 4.69) is 39.7 Å². The van der Waals surface area contributed by atoms with Crippen LogP contribution in [0.25, 0.3) is 0 Å². The standard InChI is InChI=1S/C9H15BrN2OS/c1-3-12(4-2)5-6-13-9-11-7-8(10)14-9/h7H,3-6H2,1-2H3. The monoisotopic (exact) mass is 278 g/mol. The number of hydrogen-bond acceptors (Lipinski definition) is 4. The maximum atomic E-state index is 5.50. The molecule has 0 fully saturated rings. The molecule has 5 heteroatoms. The van der Waals surface area contributed by atoms with E-state index < -0.39 is 0 Å². The molecule has 1 aromatic rings. The summed E-state index contributed by atoms with van der Waals surface area (Å²) in [5.41, 5.74) is 0. The summed E-state index contributed by atoms with van der Waals surface area (Å²) in [5.74, 6) is 0. The van der Waals surface area contributed by atoms with E-state index in [0.717, 1.165) is 28.6 Å². The van der Waals surface area contributed by atoms with Crippen LogP contribution in [0.5, 0.6) is 5.19 Å². The van der Waals surface area contributed by atoms with Gasteiger partial charge in [0.2, 0.25) is 0 Å². The molecule has 0 bridgehead atoms. The third-order valence-corrected chi connectivity index (χ3v) is 3.37. The number of likely N-dealkylation sites (N-methyl/N-ethyl adjacent to an activating group) is 1. The lowest BCUT2D eigenvalue weighted by atomic mass is 10.5. The van der Waals surface area contributed by atoms with Gasteiger partial charge < -0.3 is 9.64 Å². The summed E-state index contributed by atoms with van der Waals surface area (Å²) < 4.78 is 6.51. The van der Waals surface area contributed by atoms with Crippen LogP contribution in [0, 0.1) is 0 Å². The predicted molar refractivity (Wildman–Crippen MR) is 63.1 cm³/mol. The quantitative estimate of drug-likeness (QED) is 0.800. The van der Waals surface area contributed by atoms with Gasteiger partial charge in [0.25, 0.3) is 5.19 Å². The Morgan fingerprint density at radius 2 is 2.21 bits per heavy atom. The fourth-order valence-corrected chi connectivity index (χ4v) is 2.15. The van der Waals surface area contributed by atoms with Crippen LogP contribution in [0.1, 0.15) is 13.8 Å². The Hall–Kier alpha value is -0.130. The minimum Gasteiger partial charge on any atom is -0.469 e. The molecule has 0 unspecified atom stereocenters. The molecule has 1 aromatic heterocycles. The molecular formula is C9H15BrN2OS. The Bertz CT molecular complexity index is 263. The lowest BCUT2D eigenvalue weighted by Crippen LogP contribution is -2.27. The second-order valence-electron chi connectivity index (χ2n) is 2.81. The molecule has 0 saturated heterocycles. The van der Waals surface area contributed by atoms with Gasteiger partial charge in [0.1, 0.15) is 6.61 Å². The average molecular weight is 279 g/mol. The van der Waals surface area contributed by atoms with Crippen LogP contribution < -0.4 is 4.74 Å². The van der Waals surface area contributed by atoms with Gasteiger partial charge in [-0.25, -0.2) is 4.98 Å². The first-order valence-corrected chi connectivity index (χ1v) is 6.33. The van der Waals surface area contributed by atoms with E-state index in [4.69, 9.17) is 4.74 Å². The minimum atomic E-state index is 0.710. The summed E-state index contributed by atoms with van der Waals surface area (Å²) in [6.07, 6.45) is 1.76. The highest BCUT2D eigenvalue weighted by atomic mass is 79.9. The Balaban J connectivity index is 2.21. The molecule has 0 aromatic carbocycles. The number of ether oxygens (including phenoxy) is 1. The maximum Gasteiger partial charge on any atom is 0.274 e. The van der Waals surface area contributed by atoms with Crippen molar-refractivity contribution in [3.63, 3.8) is 0 Å². The van der Waals surface area contributed by atoms with Crippen LogP contribution in [0.4, 0.5) is 0 Å². The van der Waals surface area contributed by atoms with Crippen LogP contribution in [-0.4, -0.2) is 36.1 Å². The van der Waals surface area contributed by atoms with E-state index in [1.54, 1.807) is 6.20 Å². The first-order valence-electron chi connectivity index (χ1n) is 4.72. The fourth-order valence-electron chi connectivity index (χ4n) is 1.11. The van der Waals surface area contributed by atoms with Crippen LogP contribution >= 0.6 is 27.3 Å². The second-order valence-corrected chi connectivity index (χ2v) is 5.18. The van der Waals surface area contributed by atoms with Crippen molar-refractivity contribution in [1.82, 2.24) is 9.88 Å².